The molecule has 0 amide bonds. The van der Waals surface area contributed by atoms with Crippen LogP contribution in [0.1, 0.15) is 0 Å². The van der Waals surface area contributed by atoms with Crippen molar-refractivity contribution in [3.05, 3.63) is 237 Å². The largest absolute Gasteiger partial charge is 0.453 e. The van der Waals surface area contributed by atoms with Gasteiger partial charge in [-0.05, 0) is 97.2 Å². The molecule has 0 fully saturated rings. The van der Waals surface area contributed by atoms with Gasteiger partial charge in [0.15, 0.2) is 5.58 Å². The quantitative estimate of drug-likeness (QED) is 0.153. The first-order valence-electron chi connectivity index (χ1n) is 20.5. The molecule has 0 radical (unpaired) electrons. The molecular formula is C58H39NO. The second-order valence-electron chi connectivity index (χ2n) is 15.2. The Morgan fingerprint density at radius 2 is 0.783 bits per heavy atom. The molecule has 2 nitrogen and oxygen atoms in total. The molecule has 1 heterocycles. The Balaban J connectivity index is 1.16. The van der Waals surface area contributed by atoms with Crippen molar-refractivity contribution in [2.75, 3.05) is 4.90 Å². The van der Waals surface area contributed by atoms with Crippen LogP contribution >= 0.6 is 0 Å². The van der Waals surface area contributed by atoms with Gasteiger partial charge >= 0.3 is 0 Å². The molecule has 0 spiro atoms. The number of furan rings is 1. The van der Waals surface area contributed by atoms with E-state index in [0.717, 1.165) is 72.4 Å². The van der Waals surface area contributed by atoms with Gasteiger partial charge in [0.1, 0.15) is 5.58 Å². The third-order valence-electron chi connectivity index (χ3n) is 11.7. The molecule has 0 saturated carbocycles. The molecule has 0 aliphatic rings. The van der Waals surface area contributed by atoms with E-state index in [1.54, 1.807) is 0 Å². The molecule has 10 aromatic carbocycles. The van der Waals surface area contributed by atoms with Crippen LogP contribution in [0.4, 0.5) is 17.1 Å². The van der Waals surface area contributed by atoms with E-state index in [1.807, 2.05) is 0 Å². The van der Waals surface area contributed by atoms with Crippen LogP contribution in [-0.4, -0.2) is 0 Å². The highest BCUT2D eigenvalue weighted by atomic mass is 16.3. The van der Waals surface area contributed by atoms with Crippen molar-refractivity contribution in [1.29, 1.82) is 0 Å². The zero-order valence-corrected chi connectivity index (χ0v) is 32.9. The molecule has 0 atom stereocenters. The number of hydrogen-bond acceptors (Lipinski definition) is 2. The van der Waals surface area contributed by atoms with Crippen molar-refractivity contribution in [2.45, 2.75) is 0 Å². The molecule has 0 unspecified atom stereocenters. The Morgan fingerprint density at radius 1 is 0.283 bits per heavy atom. The summed E-state index contributed by atoms with van der Waals surface area (Å²) in [6.45, 7) is 0. The Labute approximate surface area is 349 Å². The topological polar surface area (TPSA) is 16.4 Å². The van der Waals surface area contributed by atoms with Crippen LogP contribution in [0.2, 0.25) is 0 Å². The van der Waals surface area contributed by atoms with E-state index in [4.69, 9.17) is 4.42 Å². The first-order valence-corrected chi connectivity index (χ1v) is 20.5. The molecule has 0 N–H and O–H groups in total. The number of nitrogens with zero attached hydrogens (tertiary/aromatic N) is 1. The van der Waals surface area contributed by atoms with Gasteiger partial charge in [-0.2, -0.15) is 0 Å². The van der Waals surface area contributed by atoms with Crippen molar-refractivity contribution in [2.24, 2.45) is 0 Å². The van der Waals surface area contributed by atoms with E-state index in [1.165, 1.54) is 33.0 Å². The van der Waals surface area contributed by atoms with Gasteiger partial charge in [0.25, 0.3) is 0 Å². The smallest absolute Gasteiger partial charge is 0.159 e. The van der Waals surface area contributed by atoms with Crippen molar-refractivity contribution >= 4 is 49.8 Å². The minimum atomic E-state index is 0.835. The summed E-state index contributed by atoms with van der Waals surface area (Å²) in [5, 5.41) is 4.63. The molecule has 282 valence electrons. The van der Waals surface area contributed by atoms with Crippen LogP contribution in [0, 0.1) is 0 Å². The van der Waals surface area contributed by atoms with E-state index < -0.39 is 0 Å². The minimum absolute atomic E-state index is 0.835. The molecule has 60 heavy (non-hydrogen) atoms. The zero-order chi connectivity index (χ0) is 39.8. The fourth-order valence-electron chi connectivity index (χ4n) is 8.86. The Kier molecular flexibility index (Phi) is 8.87. The molecular weight excluding hydrogens is 727 g/mol. The number of anilines is 3. The molecule has 11 aromatic rings. The molecule has 0 saturated heterocycles. The van der Waals surface area contributed by atoms with Gasteiger partial charge in [-0.1, -0.05) is 200 Å². The minimum Gasteiger partial charge on any atom is -0.453 e. The van der Waals surface area contributed by atoms with E-state index in [-0.39, 0.29) is 0 Å². The van der Waals surface area contributed by atoms with Crippen molar-refractivity contribution < 1.29 is 4.42 Å². The fraction of sp³-hybridized carbons (Fsp3) is 0. The third kappa shape index (κ3) is 6.23. The Morgan fingerprint density at radius 3 is 1.48 bits per heavy atom. The standard InChI is InChI=1S/C58H39NO/c1-5-17-40(18-6-1)50-36-35-47(39-54(50)43-21-9-3-10-22-43)59(46-33-31-44(32-34-46)49-28-15-26-41-23-13-14-27-48(41)49)55-30-16-29-52-53-38-37-51(42-19-7-2-8-20-42)56(58(53)60-57(52)55)45-24-11-4-12-25-45/h1-39H. The lowest BCUT2D eigenvalue weighted by Crippen LogP contribution is -2.10. The molecule has 2 heteroatoms. The van der Waals surface area contributed by atoms with Crippen LogP contribution in [0.15, 0.2) is 241 Å². The van der Waals surface area contributed by atoms with Gasteiger partial charge in [0.05, 0.1) is 5.69 Å². The molecule has 0 bridgehead atoms. The highest BCUT2D eigenvalue weighted by Gasteiger charge is 2.24. The predicted molar refractivity (Wildman–Crippen MR) is 253 cm³/mol. The van der Waals surface area contributed by atoms with E-state index in [0.29, 0.717) is 0 Å². The second kappa shape index (κ2) is 15.1. The van der Waals surface area contributed by atoms with Gasteiger partial charge in [-0.15, -0.1) is 0 Å². The fourth-order valence-corrected chi connectivity index (χ4v) is 8.86. The Bertz CT molecular complexity index is 3270. The van der Waals surface area contributed by atoms with Gasteiger partial charge in [-0.3, -0.25) is 0 Å². The molecule has 0 aliphatic carbocycles. The van der Waals surface area contributed by atoms with Crippen LogP contribution < -0.4 is 4.90 Å². The molecule has 0 aliphatic heterocycles. The van der Waals surface area contributed by atoms with Gasteiger partial charge in [-0.25, -0.2) is 0 Å². The van der Waals surface area contributed by atoms with Crippen LogP contribution in [-0.2, 0) is 0 Å². The normalized spacial score (nSPS) is 11.3. The van der Waals surface area contributed by atoms with Crippen LogP contribution in [0.25, 0.3) is 88.3 Å². The summed E-state index contributed by atoms with van der Waals surface area (Å²) < 4.78 is 7.26. The van der Waals surface area contributed by atoms with Crippen molar-refractivity contribution in [1.82, 2.24) is 0 Å². The molecule has 11 rings (SSSR count). The number of hydrogen-bond donors (Lipinski definition) is 0. The third-order valence-corrected chi connectivity index (χ3v) is 11.7. The summed E-state index contributed by atoms with van der Waals surface area (Å²) in [6.07, 6.45) is 0. The van der Waals surface area contributed by atoms with Gasteiger partial charge < -0.3 is 9.32 Å². The Hall–Kier alpha value is -7.94. The van der Waals surface area contributed by atoms with Gasteiger partial charge in [0, 0.05) is 27.7 Å². The maximum Gasteiger partial charge on any atom is 0.159 e. The summed E-state index contributed by atoms with van der Waals surface area (Å²) in [6, 6.07) is 84.6. The maximum absolute atomic E-state index is 7.26. The zero-order valence-electron chi connectivity index (χ0n) is 32.9. The van der Waals surface area contributed by atoms with E-state index in [2.05, 4.69) is 241 Å². The number of rotatable bonds is 8. The summed E-state index contributed by atoms with van der Waals surface area (Å²) >= 11 is 0. The predicted octanol–water partition coefficient (Wildman–Crippen LogP) is 16.5. The van der Waals surface area contributed by atoms with Crippen molar-refractivity contribution in [3.8, 4) is 55.6 Å². The number of para-hydroxylation sites is 1. The highest BCUT2D eigenvalue weighted by Crippen LogP contribution is 2.48. The average molecular weight is 766 g/mol. The summed E-state index contributed by atoms with van der Waals surface area (Å²) in [5.74, 6) is 0. The van der Waals surface area contributed by atoms with Crippen LogP contribution in [0.5, 0.6) is 0 Å². The van der Waals surface area contributed by atoms with Crippen molar-refractivity contribution in [3.63, 3.8) is 0 Å². The first kappa shape index (κ1) is 35.2. The highest BCUT2D eigenvalue weighted by molar-refractivity contribution is 6.16. The monoisotopic (exact) mass is 765 g/mol. The molecule has 1 aromatic heterocycles. The maximum atomic E-state index is 7.26. The second-order valence-corrected chi connectivity index (χ2v) is 15.2. The average Bonchev–Trinajstić information content (AvgIpc) is 3.72. The van der Waals surface area contributed by atoms with E-state index in [9.17, 15) is 0 Å². The van der Waals surface area contributed by atoms with Gasteiger partial charge in [0.2, 0.25) is 0 Å². The lowest BCUT2D eigenvalue weighted by Gasteiger charge is -2.27. The first-order chi connectivity index (χ1) is 29.8. The summed E-state index contributed by atoms with van der Waals surface area (Å²) in [7, 11) is 0. The number of fused-ring (bicyclic) bond motifs is 4. The van der Waals surface area contributed by atoms with E-state index >= 15 is 0 Å². The van der Waals surface area contributed by atoms with Crippen LogP contribution in [0.3, 0.4) is 0 Å². The lowest BCUT2D eigenvalue weighted by molar-refractivity contribution is 0.670. The SMILES string of the molecule is c1ccc(-c2ccc(N(c3ccc(-c4cccc5ccccc45)cc3)c3cccc4c3oc3c(-c5ccccc5)c(-c5ccccc5)ccc34)cc2-c2ccccc2)cc1. The summed E-state index contributed by atoms with van der Waals surface area (Å²) in [5.41, 5.74) is 16.3. The lowest BCUT2D eigenvalue weighted by atomic mass is 9.92. The summed E-state index contributed by atoms with van der Waals surface area (Å²) in [4.78, 5) is 2.36. The number of benzene rings is 10.